The molecular weight excluding hydrogens is 252 g/mol. The molecule has 2 amide bonds. The molecule has 1 N–H and O–H groups in total. The molecule has 8 heteroatoms. The molecule has 19 heavy (non-hydrogen) atoms. The smallest absolute Gasteiger partial charge is 0.374 e. The summed E-state index contributed by atoms with van der Waals surface area (Å²) in [6.07, 6.45) is 1.24. The maximum absolute atomic E-state index is 12.1. The molecule has 2 unspecified atom stereocenters. The zero-order chi connectivity index (χ0) is 13.9. The lowest BCUT2D eigenvalue weighted by Crippen LogP contribution is -2.89. The third kappa shape index (κ3) is 1.15. The van der Waals surface area contributed by atoms with Crippen LogP contribution in [0.4, 0.5) is 5.82 Å². The van der Waals surface area contributed by atoms with Crippen LogP contribution in [0.3, 0.4) is 0 Å². The number of carbonyl (C=O) groups excluding carboxylic acids is 2. The molecule has 0 bridgehead atoms. The molecule has 0 aliphatic carbocycles. The Hall–Kier alpha value is -2.51. The molecule has 2 atom stereocenters. The highest BCUT2D eigenvalue weighted by Crippen LogP contribution is 2.49. The molecule has 0 radical (unpaired) electrons. The van der Waals surface area contributed by atoms with Crippen LogP contribution >= 0.6 is 0 Å². The van der Waals surface area contributed by atoms with Crippen LogP contribution in [0.1, 0.15) is 24.5 Å². The zero-order valence-electron chi connectivity index (χ0n) is 10.2. The van der Waals surface area contributed by atoms with E-state index in [2.05, 4.69) is 9.97 Å². The minimum atomic E-state index is -1.29. The molecule has 8 nitrogen and oxygen atoms in total. The molecule has 2 aliphatic heterocycles. The maximum atomic E-state index is 12.1. The van der Waals surface area contributed by atoms with Gasteiger partial charge in [0.1, 0.15) is 0 Å². The Labute approximate surface area is 107 Å². The molecule has 2 saturated heterocycles. The van der Waals surface area contributed by atoms with Crippen molar-refractivity contribution >= 4 is 23.6 Å². The Balaban J connectivity index is 1.97. The number of β-lactam (4-membered cyclic amide) rings is 1. The topological polar surface area (TPSA) is 104 Å². The number of carboxylic acid groups (broad SMARTS) is 1. The number of carboxylic acids is 1. The van der Waals surface area contributed by atoms with Gasteiger partial charge in [-0.15, -0.1) is 0 Å². The Bertz CT molecular complexity index is 631. The van der Waals surface area contributed by atoms with E-state index in [-0.39, 0.29) is 23.6 Å². The second-order valence-corrected chi connectivity index (χ2v) is 4.68. The van der Waals surface area contributed by atoms with Gasteiger partial charge in [0.25, 0.3) is 5.91 Å². The summed E-state index contributed by atoms with van der Waals surface area (Å²) in [4.78, 5) is 42.0. The molecule has 1 aromatic heterocycles. The van der Waals surface area contributed by atoms with Gasteiger partial charge in [-0.2, -0.15) is 5.01 Å². The summed E-state index contributed by atoms with van der Waals surface area (Å²) >= 11 is 0. The van der Waals surface area contributed by atoms with Gasteiger partial charge in [-0.3, -0.25) is 9.59 Å². The minimum Gasteiger partial charge on any atom is -0.475 e. The monoisotopic (exact) mass is 262 g/mol. The number of aromatic nitrogens is 2. The van der Waals surface area contributed by atoms with E-state index in [0.717, 1.165) is 5.01 Å². The number of amides is 2. The molecule has 0 aromatic carbocycles. The van der Waals surface area contributed by atoms with Crippen molar-refractivity contribution in [2.75, 3.05) is 5.01 Å². The van der Waals surface area contributed by atoms with Gasteiger partial charge in [0, 0.05) is 12.3 Å². The number of fused-ring (bicyclic) bond motifs is 1. The second kappa shape index (κ2) is 3.28. The fourth-order valence-electron chi connectivity index (χ4n) is 2.39. The zero-order valence-corrected chi connectivity index (χ0v) is 10.2. The fraction of sp³-hybridized carbons (Fsp3) is 0.364. The molecule has 0 spiro atoms. The van der Waals surface area contributed by atoms with Gasteiger partial charge in [-0.05, 0) is 6.92 Å². The molecular formula is C11H10N4O4. The summed E-state index contributed by atoms with van der Waals surface area (Å²) in [5.41, 5.74) is -0.828. The van der Waals surface area contributed by atoms with Gasteiger partial charge in [-0.25, -0.2) is 19.8 Å². The first-order valence-corrected chi connectivity index (χ1v) is 5.64. The molecule has 0 saturated carbocycles. The summed E-state index contributed by atoms with van der Waals surface area (Å²) in [6.45, 7) is 3.37. The number of carbonyl (C=O) groups is 3. The lowest BCUT2D eigenvalue weighted by Gasteiger charge is -2.65. The van der Waals surface area contributed by atoms with E-state index >= 15 is 0 Å². The molecule has 2 aliphatic rings. The average molecular weight is 262 g/mol. The van der Waals surface area contributed by atoms with E-state index in [1.807, 2.05) is 0 Å². The number of aromatic carboxylic acids is 1. The standard InChI is InChI=1S/C11H10N4O4/c1-5-8(16)15-11(5,2)10(19)14(15)6-3-4-12-7(13-6)9(17)18/h3-5H,1-2H3,(H,17,18). The largest absolute Gasteiger partial charge is 0.475 e. The minimum absolute atomic E-state index is 0.0927. The van der Waals surface area contributed by atoms with Gasteiger partial charge >= 0.3 is 5.97 Å². The van der Waals surface area contributed by atoms with Crippen LogP contribution in [0.2, 0.25) is 0 Å². The number of hydrazine groups is 1. The predicted octanol–water partition coefficient (Wildman–Crippen LogP) is -0.327. The third-order valence-corrected chi connectivity index (χ3v) is 3.74. The summed E-state index contributed by atoms with van der Waals surface area (Å²) < 4.78 is 0. The first-order chi connectivity index (χ1) is 8.89. The van der Waals surface area contributed by atoms with E-state index in [0.29, 0.717) is 0 Å². The lowest BCUT2D eigenvalue weighted by atomic mass is 9.72. The highest BCUT2D eigenvalue weighted by atomic mass is 16.4. The van der Waals surface area contributed by atoms with Gasteiger partial charge in [-0.1, -0.05) is 6.92 Å². The highest BCUT2D eigenvalue weighted by Gasteiger charge is 2.72. The Morgan fingerprint density at radius 3 is 2.79 bits per heavy atom. The number of hydrogen-bond donors (Lipinski definition) is 1. The predicted molar refractivity (Wildman–Crippen MR) is 60.9 cm³/mol. The highest BCUT2D eigenvalue weighted by molar-refractivity contribution is 6.18. The molecule has 3 rings (SSSR count). The SMILES string of the molecule is CC1C(=O)N2N(c3ccnc(C(=O)O)n3)C(=O)C12C. The normalized spacial score (nSPS) is 28.6. The van der Waals surface area contributed by atoms with Gasteiger partial charge < -0.3 is 5.11 Å². The molecule has 2 fully saturated rings. The number of rotatable bonds is 2. The number of hydrogen-bond acceptors (Lipinski definition) is 5. The first-order valence-electron chi connectivity index (χ1n) is 5.64. The van der Waals surface area contributed by atoms with Crippen molar-refractivity contribution < 1.29 is 19.5 Å². The van der Waals surface area contributed by atoms with Crippen molar-refractivity contribution in [3.63, 3.8) is 0 Å². The fourth-order valence-corrected chi connectivity index (χ4v) is 2.39. The van der Waals surface area contributed by atoms with Crippen LogP contribution in [0.5, 0.6) is 0 Å². The maximum Gasteiger partial charge on any atom is 0.374 e. The van der Waals surface area contributed by atoms with Crippen LogP contribution in [0, 0.1) is 5.92 Å². The van der Waals surface area contributed by atoms with Gasteiger partial charge in [0.2, 0.25) is 11.7 Å². The summed E-state index contributed by atoms with van der Waals surface area (Å²) in [6, 6.07) is 1.39. The van der Waals surface area contributed by atoms with Crippen LogP contribution in [-0.2, 0) is 9.59 Å². The Morgan fingerprint density at radius 2 is 2.16 bits per heavy atom. The van der Waals surface area contributed by atoms with Crippen molar-refractivity contribution in [1.82, 2.24) is 15.0 Å². The van der Waals surface area contributed by atoms with Crippen molar-refractivity contribution in [2.45, 2.75) is 19.4 Å². The van der Waals surface area contributed by atoms with Crippen LogP contribution in [0.15, 0.2) is 12.3 Å². The van der Waals surface area contributed by atoms with E-state index in [4.69, 9.17) is 5.11 Å². The van der Waals surface area contributed by atoms with Gasteiger partial charge in [0.15, 0.2) is 11.4 Å². The summed E-state index contributed by atoms with van der Waals surface area (Å²) in [5, 5.41) is 11.2. The van der Waals surface area contributed by atoms with Crippen molar-refractivity contribution in [1.29, 1.82) is 0 Å². The van der Waals surface area contributed by atoms with E-state index < -0.39 is 17.3 Å². The average Bonchev–Trinajstić information content (AvgIpc) is 2.42. The summed E-state index contributed by atoms with van der Waals surface area (Å²) in [7, 11) is 0. The molecule has 98 valence electrons. The Kier molecular flexibility index (Phi) is 2.00. The summed E-state index contributed by atoms with van der Waals surface area (Å²) in [5.74, 6) is -2.43. The number of anilines is 1. The number of nitrogens with zero attached hydrogens (tertiary/aromatic N) is 4. The van der Waals surface area contributed by atoms with Crippen molar-refractivity contribution in [2.24, 2.45) is 5.92 Å². The first kappa shape index (κ1) is 11.6. The second-order valence-electron chi connectivity index (χ2n) is 4.68. The van der Waals surface area contributed by atoms with Crippen LogP contribution in [0.25, 0.3) is 0 Å². The van der Waals surface area contributed by atoms with Crippen molar-refractivity contribution in [3.05, 3.63) is 18.1 Å². The van der Waals surface area contributed by atoms with Crippen LogP contribution in [-0.4, -0.2) is 43.4 Å². The molecule has 3 heterocycles. The Morgan fingerprint density at radius 1 is 1.47 bits per heavy atom. The quantitative estimate of drug-likeness (QED) is 0.732. The van der Waals surface area contributed by atoms with Crippen molar-refractivity contribution in [3.8, 4) is 0 Å². The molecule has 1 aromatic rings. The lowest BCUT2D eigenvalue weighted by molar-refractivity contribution is -0.196. The van der Waals surface area contributed by atoms with E-state index in [9.17, 15) is 14.4 Å². The third-order valence-electron chi connectivity index (χ3n) is 3.74. The van der Waals surface area contributed by atoms with Gasteiger partial charge in [0.05, 0.1) is 5.92 Å². The van der Waals surface area contributed by atoms with E-state index in [1.165, 1.54) is 17.3 Å². The van der Waals surface area contributed by atoms with E-state index in [1.54, 1.807) is 13.8 Å². The van der Waals surface area contributed by atoms with Crippen LogP contribution < -0.4 is 5.01 Å².